The van der Waals surface area contributed by atoms with E-state index in [1.165, 1.54) is 0 Å². The van der Waals surface area contributed by atoms with Crippen molar-refractivity contribution in [1.29, 1.82) is 0 Å². The molecule has 6 heteroatoms. The lowest BCUT2D eigenvalue weighted by atomic mass is 10.1. The normalized spacial score (nSPS) is 11.8. The highest BCUT2D eigenvalue weighted by molar-refractivity contribution is 5.94. The van der Waals surface area contributed by atoms with Crippen molar-refractivity contribution in [2.24, 2.45) is 0 Å². The molecular weight excluding hydrogens is 368 g/mol. The van der Waals surface area contributed by atoms with Crippen molar-refractivity contribution < 1.29 is 19.0 Å². The van der Waals surface area contributed by atoms with Crippen LogP contribution in [-0.2, 0) is 0 Å². The van der Waals surface area contributed by atoms with Gasteiger partial charge in [0, 0.05) is 12.1 Å². The number of methoxy groups -OCH3 is 1. The predicted octanol–water partition coefficient (Wildman–Crippen LogP) is 3.92. The smallest absolute Gasteiger partial charge is 0.251 e. The van der Waals surface area contributed by atoms with Crippen molar-refractivity contribution in [3.05, 3.63) is 53.6 Å². The average molecular weight is 401 g/mol. The van der Waals surface area contributed by atoms with Crippen molar-refractivity contribution >= 4 is 5.91 Å². The van der Waals surface area contributed by atoms with Crippen LogP contribution in [0.1, 0.15) is 42.2 Å². The average Bonchev–Trinajstić information content (AvgIpc) is 2.73. The van der Waals surface area contributed by atoms with Gasteiger partial charge in [-0.1, -0.05) is 19.1 Å². The molecule has 0 aliphatic rings. The summed E-state index contributed by atoms with van der Waals surface area (Å²) in [5.41, 5.74) is 1.62. The molecule has 1 atom stereocenters. The fraction of sp³-hybridized carbons (Fsp3) is 0.435. The van der Waals surface area contributed by atoms with E-state index < -0.39 is 0 Å². The number of amides is 1. The first-order valence-electron chi connectivity index (χ1n) is 9.98. The highest BCUT2D eigenvalue weighted by atomic mass is 16.5. The van der Waals surface area contributed by atoms with Crippen LogP contribution in [0.2, 0.25) is 0 Å². The molecule has 0 aliphatic carbocycles. The largest absolute Gasteiger partial charge is 0.497 e. The van der Waals surface area contributed by atoms with Crippen LogP contribution in [0.3, 0.4) is 0 Å². The van der Waals surface area contributed by atoms with Gasteiger partial charge in [-0.15, -0.1) is 0 Å². The molecule has 6 nitrogen and oxygen atoms in total. The molecule has 0 bridgehead atoms. The van der Waals surface area contributed by atoms with Crippen molar-refractivity contribution in [1.82, 2.24) is 10.2 Å². The zero-order valence-corrected chi connectivity index (χ0v) is 18.0. The zero-order chi connectivity index (χ0) is 21.2. The standard InChI is InChI=1S/C23H32N2O4/c1-6-13-29-21-12-11-18(15-22(21)28-7-2)23(26)24-16-20(25(3)4)17-9-8-10-19(14-17)27-5/h8-12,14-15,20H,6-7,13,16H2,1-5H3,(H,24,26). The van der Waals surface area contributed by atoms with Crippen LogP contribution in [0.5, 0.6) is 17.2 Å². The summed E-state index contributed by atoms with van der Waals surface area (Å²) in [6.45, 7) is 5.54. The van der Waals surface area contributed by atoms with Gasteiger partial charge in [-0.25, -0.2) is 0 Å². The maximum absolute atomic E-state index is 12.8. The minimum absolute atomic E-state index is 0.0209. The summed E-state index contributed by atoms with van der Waals surface area (Å²) < 4.78 is 16.7. The van der Waals surface area contributed by atoms with Crippen molar-refractivity contribution in [3.63, 3.8) is 0 Å². The summed E-state index contributed by atoms with van der Waals surface area (Å²) in [5, 5.41) is 3.03. The summed E-state index contributed by atoms with van der Waals surface area (Å²) >= 11 is 0. The number of likely N-dealkylation sites (N-methyl/N-ethyl adjacent to an activating group) is 1. The molecule has 2 aromatic carbocycles. The summed E-state index contributed by atoms with van der Waals surface area (Å²) in [6, 6.07) is 13.2. The molecule has 0 spiro atoms. The van der Waals surface area contributed by atoms with E-state index in [4.69, 9.17) is 14.2 Å². The number of nitrogens with zero attached hydrogens (tertiary/aromatic N) is 1. The third-order valence-electron chi connectivity index (χ3n) is 4.53. The summed E-state index contributed by atoms with van der Waals surface area (Å²) in [5.74, 6) is 1.89. The number of ether oxygens (including phenoxy) is 3. The zero-order valence-electron chi connectivity index (χ0n) is 18.0. The van der Waals surface area contributed by atoms with E-state index in [9.17, 15) is 4.79 Å². The molecule has 0 aliphatic heterocycles. The van der Waals surface area contributed by atoms with E-state index in [0.29, 0.717) is 36.8 Å². The summed E-state index contributed by atoms with van der Waals surface area (Å²) in [7, 11) is 5.63. The SMILES string of the molecule is CCCOc1ccc(C(=O)NCC(c2cccc(OC)c2)N(C)C)cc1OCC. The lowest BCUT2D eigenvalue weighted by molar-refractivity contribution is 0.0941. The van der Waals surface area contributed by atoms with Crippen molar-refractivity contribution in [2.75, 3.05) is 41.0 Å². The Morgan fingerprint density at radius 2 is 1.86 bits per heavy atom. The van der Waals surface area contributed by atoms with Crippen LogP contribution < -0.4 is 19.5 Å². The van der Waals surface area contributed by atoms with E-state index in [0.717, 1.165) is 17.7 Å². The molecule has 158 valence electrons. The molecule has 1 unspecified atom stereocenters. The molecule has 0 aromatic heterocycles. The van der Waals surface area contributed by atoms with Crippen LogP contribution in [0.25, 0.3) is 0 Å². The van der Waals surface area contributed by atoms with Gasteiger partial charge in [0.25, 0.3) is 5.91 Å². The van der Waals surface area contributed by atoms with E-state index >= 15 is 0 Å². The summed E-state index contributed by atoms with van der Waals surface area (Å²) in [6.07, 6.45) is 0.907. The van der Waals surface area contributed by atoms with Gasteiger partial charge in [-0.3, -0.25) is 4.79 Å². The number of benzene rings is 2. The van der Waals surface area contributed by atoms with Crippen LogP contribution in [-0.4, -0.2) is 51.8 Å². The molecule has 1 N–H and O–H groups in total. The maximum atomic E-state index is 12.8. The minimum atomic E-state index is -0.150. The third kappa shape index (κ3) is 6.39. The first-order chi connectivity index (χ1) is 14.0. The Hall–Kier alpha value is -2.73. The monoisotopic (exact) mass is 400 g/mol. The highest BCUT2D eigenvalue weighted by Crippen LogP contribution is 2.29. The molecule has 0 heterocycles. The van der Waals surface area contributed by atoms with Gasteiger partial charge >= 0.3 is 0 Å². The van der Waals surface area contributed by atoms with Gasteiger partial charge in [0.1, 0.15) is 5.75 Å². The topological polar surface area (TPSA) is 60.0 Å². The van der Waals surface area contributed by atoms with Crippen molar-refractivity contribution in [3.8, 4) is 17.2 Å². The Morgan fingerprint density at radius 3 is 2.52 bits per heavy atom. The molecule has 2 aromatic rings. The molecule has 1 amide bonds. The molecule has 0 fully saturated rings. The number of carbonyl (C=O) groups is 1. The lowest BCUT2D eigenvalue weighted by Crippen LogP contribution is -2.34. The number of carbonyl (C=O) groups excluding carboxylic acids is 1. The predicted molar refractivity (Wildman–Crippen MR) is 115 cm³/mol. The van der Waals surface area contributed by atoms with Gasteiger partial charge in [0.05, 0.1) is 26.4 Å². The number of nitrogens with one attached hydrogen (secondary N) is 1. The number of hydrogen-bond donors (Lipinski definition) is 1. The Labute approximate surface area is 173 Å². The van der Waals surface area contributed by atoms with Crippen LogP contribution in [0.15, 0.2) is 42.5 Å². The molecule has 29 heavy (non-hydrogen) atoms. The van der Waals surface area contributed by atoms with E-state index in [-0.39, 0.29) is 11.9 Å². The fourth-order valence-corrected chi connectivity index (χ4v) is 2.99. The van der Waals surface area contributed by atoms with Gasteiger partial charge in [0.2, 0.25) is 0 Å². The van der Waals surface area contributed by atoms with Gasteiger partial charge in [-0.2, -0.15) is 0 Å². The Kier molecular flexibility index (Phi) is 8.80. The van der Waals surface area contributed by atoms with Crippen LogP contribution in [0, 0.1) is 0 Å². The minimum Gasteiger partial charge on any atom is -0.497 e. The molecule has 0 saturated heterocycles. The third-order valence-corrected chi connectivity index (χ3v) is 4.53. The Bertz CT molecular complexity index is 792. The number of hydrogen-bond acceptors (Lipinski definition) is 5. The summed E-state index contributed by atoms with van der Waals surface area (Å²) in [4.78, 5) is 14.8. The van der Waals surface area contributed by atoms with E-state index in [1.807, 2.05) is 52.2 Å². The van der Waals surface area contributed by atoms with Gasteiger partial charge < -0.3 is 24.4 Å². The molecular formula is C23H32N2O4. The molecule has 2 rings (SSSR count). The fourth-order valence-electron chi connectivity index (χ4n) is 2.99. The lowest BCUT2D eigenvalue weighted by Gasteiger charge is -2.25. The maximum Gasteiger partial charge on any atom is 0.251 e. The van der Waals surface area contributed by atoms with Crippen LogP contribution >= 0.6 is 0 Å². The Balaban J connectivity index is 2.12. The van der Waals surface area contributed by atoms with Crippen LogP contribution in [0.4, 0.5) is 0 Å². The van der Waals surface area contributed by atoms with E-state index in [2.05, 4.69) is 10.2 Å². The second-order valence-electron chi connectivity index (χ2n) is 6.91. The first-order valence-corrected chi connectivity index (χ1v) is 9.98. The first kappa shape index (κ1) is 22.6. The van der Waals surface area contributed by atoms with Gasteiger partial charge in [-0.05, 0) is 63.3 Å². The highest BCUT2D eigenvalue weighted by Gasteiger charge is 2.17. The quantitative estimate of drug-likeness (QED) is 0.620. The van der Waals surface area contributed by atoms with Gasteiger partial charge in [0.15, 0.2) is 11.5 Å². The molecule has 0 radical (unpaired) electrons. The van der Waals surface area contributed by atoms with Crippen molar-refractivity contribution in [2.45, 2.75) is 26.3 Å². The Morgan fingerprint density at radius 1 is 1.07 bits per heavy atom. The van der Waals surface area contributed by atoms with E-state index in [1.54, 1.807) is 25.3 Å². The second-order valence-corrected chi connectivity index (χ2v) is 6.91. The second kappa shape index (κ2) is 11.3. The number of rotatable bonds is 11. The molecule has 0 saturated carbocycles.